The van der Waals surface area contributed by atoms with Gasteiger partial charge in [-0.3, -0.25) is 0 Å². The van der Waals surface area contributed by atoms with Crippen molar-refractivity contribution in [3.05, 3.63) is 82.9 Å². The lowest BCUT2D eigenvalue weighted by Crippen LogP contribution is -2.21. The molecule has 4 rings (SSSR count). The van der Waals surface area contributed by atoms with Gasteiger partial charge in [-0.15, -0.1) is 0 Å². The first kappa shape index (κ1) is 18.6. The monoisotopic (exact) mass is 370 g/mol. The summed E-state index contributed by atoms with van der Waals surface area (Å²) in [6, 6.07) is 22.6. The maximum Gasteiger partial charge on any atom is 0.0485 e. The van der Waals surface area contributed by atoms with Crippen LogP contribution >= 0.6 is 0 Å². The van der Waals surface area contributed by atoms with Gasteiger partial charge in [0, 0.05) is 30.5 Å². The fourth-order valence-corrected chi connectivity index (χ4v) is 4.49. The van der Waals surface area contributed by atoms with Crippen molar-refractivity contribution in [1.82, 2.24) is 0 Å². The summed E-state index contributed by atoms with van der Waals surface area (Å²) >= 11 is 0. The van der Waals surface area contributed by atoms with Gasteiger partial charge in [0.25, 0.3) is 0 Å². The molecule has 2 nitrogen and oxygen atoms in total. The summed E-state index contributed by atoms with van der Waals surface area (Å²) in [5.41, 5.74) is 10.9. The van der Waals surface area contributed by atoms with E-state index in [4.69, 9.17) is 0 Å². The molecule has 1 aliphatic carbocycles. The van der Waals surface area contributed by atoms with Crippen LogP contribution in [0.3, 0.4) is 0 Å². The molecule has 0 aliphatic heterocycles. The number of anilines is 2. The third-order valence-corrected chi connectivity index (χ3v) is 5.97. The first-order chi connectivity index (χ1) is 13.6. The second kappa shape index (κ2) is 7.71. The Morgan fingerprint density at radius 1 is 0.929 bits per heavy atom. The lowest BCUT2D eigenvalue weighted by Gasteiger charge is -2.22. The van der Waals surface area contributed by atoms with E-state index >= 15 is 0 Å². The quantitative estimate of drug-likeness (QED) is 0.412. The third kappa shape index (κ3) is 3.40. The number of rotatable bonds is 6. The molecule has 0 saturated carbocycles. The SMILES string of the molecule is CCN(CC)c1ccc2c(c1)-c1c(C)cc(NC(C)c3ccccc3)cc1C2. The molecule has 0 spiro atoms. The molecule has 0 radical (unpaired) electrons. The highest BCUT2D eigenvalue weighted by Crippen LogP contribution is 2.42. The Labute approximate surface area is 169 Å². The van der Waals surface area contributed by atoms with Crippen molar-refractivity contribution in [2.24, 2.45) is 0 Å². The first-order valence-electron chi connectivity index (χ1n) is 10.4. The Kier molecular flexibility index (Phi) is 5.13. The Morgan fingerprint density at radius 2 is 1.68 bits per heavy atom. The van der Waals surface area contributed by atoms with Crippen molar-refractivity contribution >= 4 is 11.4 Å². The van der Waals surface area contributed by atoms with Gasteiger partial charge in [0.15, 0.2) is 0 Å². The van der Waals surface area contributed by atoms with E-state index in [0.717, 1.165) is 19.5 Å². The minimum atomic E-state index is 0.289. The second-order valence-corrected chi connectivity index (χ2v) is 7.79. The number of benzene rings is 3. The Hall–Kier alpha value is -2.74. The Morgan fingerprint density at radius 3 is 2.39 bits per heavy atom. The van der Waals surface area contributed by atoms with Gasteiger partial charge in [-0.05, 0) is 91.8 Å². The van der Waals surface area contributed by atoms with Crippen molar-refractivity contribution < 1.29 is 0 Å². The summed E-state index contributed by atoms with van der Waals surface area (Å²) in [5.74, 6) is 0. The fraction of sp³-hybridized carbons (Fsp3) is 0.308. The zero-order valence-corrected chi connectivity index (χ0v) is 17.4. The highest BCUT2D eigenvalue weighted by Gasteiger charge is 2.22. The predicted octanol–water partition coefficient (Wildman–Crippen LogP) is 6.59. The van der Waals surface area contributed by atoms with Crippen molar-refractivity contribution in [2.75, 3.05) is 23.3 Å². The van der Waals surface area contributed by atoms with Crippen LogP contribution in [-0.4, -0.2) is 13.1 Å². The lowest BCUT2D eigenvalue weighted by molar-refractivity contribution is 0.866. The maximum atomic E-state index is 3.70. The van der Waals surface area contributed by atoms with Crippen LogP contribution in [0, 0.1) is 6.92 Å². The minimum absolute atomic E-state index is 0.289. The molecule has 144 valence electrons. The number of hydrogen-bond acceptors (Lipinski definition) is 2. The normalized spacial score (nSPS) is 13.0. The molecular weight excluding hydrogens is 340 g/mol. The zero-order valence-electron chi connectivity index (χ0n) is 17.4. The van der Waals surface area contributed by atoms with E-state index in [2.05, 4.69) is 98.6 Å². The summed E-state index contributed by atoms with van der Waals surface area (Å²) in [5, 5.41) is 3.70. The van der Waals surface area contributed by atoms with Gasteiger partial charge in [-0.1, -0.05) is 36.4 Å². The summed E-state index contributed by atoms with van der Waals surface area (Å²) < 4.78 is 0. The average molecular weight is 371 g/mol. The van der Waals surface area contributed by atoms with Crippen LogP contribution in [0.25, 0.3) is 11.1 Å². The molecule has 0 saturated heterocycles. The van der Waals surface area contributed by atoms with Gasteiger partial charge in [0.1, 0.15) is 0 Å². The largest absolute Gasteiger partial charge is 0.379 e. The second-order valence-electron chi connectivity index (χ2n) is 7.79. The van der Waals surface area contributed by atoms with Gasteiger partial charge in [0.05, 0.1) is 0 Å². The first-order valence-corrected chi connectivity index (χ1v) is 10.4. The van der Waals surface area contributed by atoms with Gasteiger partial charge < -0.3 is 10.2 Å². The highest BCUT2D eigenvalue weighted by molar-refractivity contribution is 5.83. The standard InChI is InChI=1S/C26H30N2/c1-5-28(6-2)24-13-12-21-15-22-16-23(14-18(3)26(22)25(21)17-24)27-19(4)20-10-8-7-9-11-20/h7-14,16-17,19,27H,5-6,15H2,1-4H3. The number of nitrogens with zero attached hydrogens (tertiary/aromatic N) is 1. The van der Waals surface area contributed by atoms with E-state index in [9.17, 15) is 0 Å². The van der Waals surface area contributed by atoms with E-state index < -0.39 is 0 Å². The number of fused-ring (bicyclic) bond motifs is 3. The molecule has 0 aromatic heterocycles. The minimum Gasteiger partial charge on any atom is -0.379 e. The maximum absolute atomic E-state index is 3.70. The van der Waals surface area contributed by atoms with Gasteiger partial charge in [-0.25, -0.2) is 0 Å². The lowest BCUT2D eigenvalue weighted by atomic mass is 9.98. The molecule has 3 aromatic rings. The van der Waals surface area contributed by atoms with Crippen LogP contribution in [0.5, 0.6) is 0 Å². The van der Waals surface area contributed by atoms with Crippen molar-refractivity contribution in [3.63, 3.8) is 0 Å². The number of hydrogen-bond donors (Lipinski definition) is 1. The van der Waals surface area contributed by atoms with Crippen LogP contribution in [0.4, 0.5) is 11.4 Å². The molecule has 1 aliphatic rings. The predicted molar refractivity (Wildman–Crippen MR) is 121 cm³/mol. The summed E-state index contributed by atoms with van der Waals surface area (Å²) in [6.45, 7) is 11.0. The van der Waals surface area contributed by atoms with Crippen molar-refractivity contribution in [1.29, 1.82) is 0 Å². The highest BCUT2D eigenvalue weighted by atomic mass is 15.1. The summed E-state index contributed by atoms with van der Waals surface area (Å²) in [4.78, 5) is 2.42. The van der Waals surface area contributed by atoms with E-state index in [1.54, 1.807) is 0 Å². The molecule has 0 fully saturated rings. The molecule has 1 atom stereocenters. The topological polar surface area (TPSA) is 15.3 Å². The summed E-state index contributed by atoms with van der Waals surface area (Å²) in [7, 11) is 0. The van der Waals surface area contributed by atoms with Crippen LogP contribution in [-0.2, 0) is 6.42 Å². The number of nitrogens with one attached hydrogen (secondary N) is 1. The average Bonchev–Trinajstić information content (AvgIpc) is 3.07. The molecule has 1 N–H and O–H groups in total. The molecule has 0 bridgehead atoms. The van der Waals surface area contributed by atoms with Crippen molar-refractivity contribution in [2.45, 2.75) is 40.2 Å². The molecular formula is C26H30N2. The van der Waals surface area contributed by atoms with Crippen LogP contribution in [0.2, 0.25) is 0 Å². The van der Waals surface area contributed by atoms with E-state index in [-0.39, 0.29) is 6.04 Å². The van der Waals surface area contributed by atoms with E-state index in [1.807, 2.05) is 0 Å². The van der Waals surface area contributed by atoms with Gasteiger partial charge in [-0.2, -0.15) is 0 Å². The molecule has 0 heterocycles. The Balaban J connectivity index is 1.65. The molecule has 3 aromatic carbocycles. The number of aryl methyl sites for hydroxylation is 1. The van der Waals surface area contributed by atoms with Crippen LogP contribution in [0.15, 0.2) is 60.7 Å². The van der Waals surface area contributed by atoms with Crippen LogP contribution in [0.1, 0.15) is 49.1 Å². The van der Waals surface area contributed by atoms with Gasteiger partial charge >= 0.3 is 0 Å². The van der Waals surface area contributed by atoms with Gasteiger partial charge in [0.2, 0.25) is 0 Å². The summed E-state index contributed by atoms with van der Waals surface area (Å²) in [6.07, 6.45) is 1.03. The molecule has 2 heteroatoms. The van der Waals surface area contributed by atoms with E-state index in [0.29, 0.717) is 0 Å². The smallest absolute Gasteiger partial charge is 0.0485 e. The van der Waals surface area contributed by atoms with Crippen molar-refractivity contribution in [3.8, 4) is 11.1 Å². The molecule has 1 unspecified atom stereocenters. The van der Waals surface area contributed by atoms with Crippen LogP contribution < -0.4 is 10.2 Å². The zero-order chi connectivity index (χ0) is 19.7. The molecule has 28 heavy (non-hydrogen) atoms. The Bertz CT molecular complexity index is 971. The van der Waals surface area contributed by atoms with E-state index in [1.165, 1.54) is 44.8 Å². The molecule has 0 amide bonds. The third-order valence-electron chi connectivity index (χ3n) is 5.97. The fourth-order valence-electron chi connectivity index (χ4n) is 4.49.